The van der Waals surface area contributed by atoms with Crippen LogP contribution in [0.1, 0.15) is 20.9 Å². The summed E-state index contributed by atoms with van der Waals surface area (Å²) in [6.45, 7) is 1.24. The number of hydrogen-bond acceptors (Lipinski definition) is 5. The number of carbonyl (C=O) groups excluding carboxylic acids is 2. The molecule has 1 saturated heterocycles. The average molecular weight is 431 g/mol. The van der Waals surface area contributed by atoms with Gasteiger partial charge in [0, 0.05) is 37.5 Å². The third-order valence-electron chi connectivity index (χ3n) is 4.17. The maximum atomic E-state index is 12.6. The van der Waals surface area contributed by atoms with Crippen LogP contribution in [0.4, 0.5) is 0 Å². The largest absolute Gasteiger partial charge is 0.440 e. The van der Waals surface area contributed by atoms with Crippen molar-refractivity contribution in [2.45, 2.75) is 5.09 Å². The lowest BCUT2D eigenvalue weighted by atomic mass is 10.1. The van der Waals surface area contributed by atoms with Crippen LogP contribution in [0.2, 0.25) is 10.0 Å². The molecule has 0 spiro atoms. The van der Waals surface area contributed by atoms with Gasteiger partial charge < -0.3 is 14.2 Å². The monoisotopic (exact) mass is 430 g/mol. The molecule has 0 radical (unpaired) electrons. The van der Waals surface area contributed by atoms with Gasteiger partial charge in [0.05, 0.1) is 10.6 Å². The van der Waals surface area contributed by atoms with Gasteiger partial charge in [0.15, 0.2) is 5.76 Å². The normalized spacial score (nSPS) is 15.1. The van der Waals surface area contributed by atoms with E-state index < -0.39 is 15.7 Å². The Hall–Kier alpha value is -2.03. The van der Waals surface area contributed by atoms with E-state index >= 15 is 0 Å². The zero-order valence-electron chi connectivity index (χ0n) is 14.3. The Morgan fingerprint density at radius 2 is 1.56 bits per heavy atom. The molecule has 0 N–H and O–H groups in total. The van der Waals surface area contributed by atoms with Crippen LogP contribution in [0.5, 0.6) is 0 Å². The number of piperazine rings is 1. The van der Waals surface area contributed by atoms with Crippen molar-refractivity contribution < 1.29 is 22.4 Å². The Labute approximate surface area is 166 Å². The van der Waals surface area contributed by atoms with Crippen LogP contribution in [0.25, 0.3) is 0 Å². The number of carbonyl (C=O) groups is 2. The Balaban J connectivity index is 1.65. The van der Waals surface area contributed by atoms with E-state index in [-0.39, 0.29) is 21.8 Å². The number of benzene rings is 1. The minimum absolute atomic E-state index is 0.0454. The molecule has 0 bridgehead atoms. The minimum Gasteiger partial charge on any atom is -0.440 e. The highest BCUT2D eigenvalue weighted by Gasteiger charge is 2.28. The van der Waals surface area contributed by atoms with Gasteiger partial charge in [-0.15, -0.1) is 0 Å². The number of sulfone groups is 1. The van der Waals surface area contributed by atoms with E-state index in [2.05, 4.69) is 0 Å². The predicted octanol–water partition coefficient (Wildman–Crippen LogP) is 2.59. The third kappa shape index (κ3) is 4.28. The first-order valence-electron chi connectivity index (χ1n) is 8.00. The maximum absolute atomic E-state index is 12.6. The molecule has 1 aromatic carbocycles. The molecule has 3 rings (SSSR count). The van der Waals surface area contributed by atoms with Gasteiger partial charge in [-0.2, -0.15) is 0 Å². The van der Waals surface area contributed by atoms with E-state index in [0.29, 0.717) is 36.8 Å². The first-order chi connectivity index (χ1) is 12.7. The highest BCUT2D eigenvalue weighted by atomic mass is 35.5. The van der Waals surface area contributed by atoms with Crippen LogP contribution in [-0.2, 0) is 9.84 Å². The fourth-order valence-electron chi connectivity index (χ4n) is 2.74. The van der Waals surface area contributed by atoms with E-state index in [1.165, 1.54) is 23.1 Å². The van der Waals surface area contributed by atoms with Crippen molar-refractivity contribution in [2.75, 3.05) is 32.4 Å². The number of furan rings is 1. The van der Waals surface area contributed by atoms with E-state index in [1.807, 2.05) is 0 Å². The molecule has 7 nitrogen and oxygen atoms in total. The highest BCUT2D eigenvalue weighted by Crippen LogP contribution is 2.23. The van der Waals surface area contributed by atoms with Gasteiger partial charge in [-0.05, 0) is 30.3 Å². The van der Waals surface area contributed by atoms with Gasteiger partial charge in [0.1, 0.15) is 0 Å². The Morgan fingerprint density at radius 1 is 0.963 bits per heavy atom. The zero-order valence-corrected chi connectivity index (χ0v) is 16.6. The van der Waals surface area contributed by atoms with Crippen LogP contribution in [-0.4, -0.2) is 62.5 Å². The fourth-order valence-corrected chi connectivity index (χ4v) is 3.78. The van der Waals surface area contributed by atoms with Crippen LogP contribution in [0, 0.1) is 0 Å². The molecule has 144 valence electrons. The number of nitrogens with zero attached hydrogens (tertiary/aromatic N) is 2. The minimum atomic E-state index is -3.52. The Bertz CT molecular complexity index is 995. The van der Waals surface area contributed by atoms with Crippen molar-refractivity contribution >= 4 is 44.9 Å². The van der Waals surface area contributed by atoms with Crippen molar-refractivity contribution in [1.29, 1.82) is 0 Å². The second-order valence-electron chi connectivity index (χ2n) is 6.10. The van der Waals surface area contributed by atoms with Crippen molar-refractivity contribution in [1.82, 2.24) is 9.80 Å². The summed E-state index contributed by atoms with van der Waals surface area (Å²) in [6, 6.07) is 7.26. The van der Waals surface area contributed by atoms with Crippen LogP contribution < -0.4 is 0 Å². The van der Waals surface area contributed by atoms with Crippen molar-refractivity contribution in [3.05, 3.63) is 51.7 Å². The number of hydrogen-bond donors (Lipinski definition) is 0. The predicted molar refractivity (Wildman–Crippen MR) is 100 cm³/mol. The molecule has 0 aliphatic carbocycles. The first-order valence-corrected chi connectivity index (χ1v) is 10.6. The van der Waals surface area contributed by atoms with Gasteiger partial charge in [-0.1, -0.05) is 23.2 Å². The average Bonchev–Trinajstić information content (AvgIpc) is 3.11. The molecule has 27 heavy (non-hydrogen) atoms. The smallest absolute Gasteiger partial charge is 0.289 e. The van der Waals surface area contributed by atoms with Crippen LogP contribution in [0.3, 0.4) is 0 Å². The SMILES string of the molecule is CS(=O)(=O)c1ccc(C(=O)N2CCN(C(=O)c3ccc(Cl)cc3Cl)CC2)o1. The highest BCUT2D eigenvalue weighted by molar-refractivity contribution is 7.90. The van der Waals surface area contributed by atoms with Gasteiger partial charge >= 0.3 is 0 Å². The molecule has 10 heteroatoms. The van der Waals surface area contributed by atoms with Crippen molar-refractivity contribution in [2.24, 2.45) is 0 Å². The summed E-state index contributed by atoms with van der Waals surface area (Å²) in [5, 5.41) is 0.464. The molecular weight excluding hydrogens is 415 g/mol. The van der Waals surface area contributed by atoms with E-state index in [0.717, 1.165) is 6.26 Å². The maximum Gasteiger partial charge on any atom is 0.289 e. The summed E-state index contributed by atoms with van der Waals surface area (Å²) < 4.78 is 28.1. The molecular formula is C17H16Cl2N2O5S. The van der Waals surface area contributed by atoms with E-state index in [4.69, 9.17) is 27.6 Å². The molecule has 2 heterocycles. The van der Waals surface area contributed by atoms with E-state index in [9.17, 15) is 18.0 Å². The molecule has 1 aliphatic rings. The molecule has 0 saturated carbocycles. The molecule has 0 atom stereocenters. The summed E-state index contributed by atoms with van der Waals surface area (Å²) in [5.74, 6) is -0.696. The number of halogens is 2. The fraction of sp³-hybridized carbons (Fsp3) is 0.294. The third-order valence-corrected chi connectivity index (χ3v) is 5.67. The lowest BCUT2D eigenvalue weighted by Gasteiger charge is -2.34. The molecule has 1 fully saturated rings. The molecule has 2 aromatic rings. The summed E-state index contributed by atoms with van der Waals surface area (Å²) in [5.41, 5.74) is 0.352. The topological polar surface area (TPSA) is 87.9 Å². The lowest BCUT2D eigenvalue weighted by molar-refractivity contribution is 0.0515. The zero-order chi connectivity index (χ0) is 19.8. The summed E-state index contributed by atoms with van der Waals surface area (Å²) in [4.78, 5) is 28.2. The Kier molecular flexibility index (Phi) is 5.50. The van der Waals surface area contributed by atoms with Crippen LogP contribution in [0.15, 0.2) is 39.8 Å². The van der Waals surface area contributed by atoms with Gasteiger partial charge in [0.25, 0.3) is 11.8 Å². The number of amides is 2. The van der Waals surface area contributed by atoms with E-state index in [1.54, 1.807) is 17.0 Å². The molecule has 0 unspecified atom stereocenters. The standard InChI is InChI=1S/C17H16Cl2N2O5S/c1-27(24,25)15-5-4-14(26-15)17(23)21-8-6-20(7-9-21)16(22)12-3-2-11(18)10-13(12)19/h2-5,10H,6-9H2,1H3. The quantitative estimate of drug-likeness (QED) is 0.746. The van der Waals surface area contributed by atoms with Crippen LogP contribution >= 0.6 is 23.2 Å². The molecule has 2 amide bonds. The summed E-state index contributed by atoms with van der Waals surface area (Å²) >= 11 is 11.9. The molecule has 1 aromatic heterocycles. The second-order valence-corrected chi connectivity index (χ2v) is 8.89. The number of rotatable bonds is 3. The Morgan fingerprint density at radius 3 is 2.07 bits per heavy atom. The summed E-state index contributed by atoms with van der Waals surface area (Å²) in [6.07, 6.45) is 1.01. The van der Waals surface area contributed by atoms with Gasteiger partial charge in [-0.3, -0.25) is 9.59 Å². The first kappa shape index (κ1) is 19.7. The second kappa shape index (κ2) is 7.53. The van der Waals surface area contributed by atoms with Crippen molar-refractivity contribution in [3.63, 3.8) is 0 Å². The van der Waals surface area contributed by atoms with Crippen molar-refractivity contribution in [3.8, 4) is 0 Å². The van der Waals surface area contributed by atoms with Gasteiger partial charge in [-0.25, -0.2) is 8.42 Å². The molecule has 1 aliphatic heterocycles. The summed E-state index contributed by atoms with van der Waals surface area (Å²) in [7, 11) is -3.52. The van der Waals surface area contributed by atoms with Gasteiger partial charge in [0.2, 0.25) is 14.9 Å². The lowest BCUT2D eigenvalue weighted by Crippen LogP contribution is -2.50.